The Labute approximate surface area is 153 Å². The molecule has 0 radical (unpaired) electrons. The number of rotatable bonds is 6. The van der Waals surface area contributed by atoms with Crippen molar-refractivity contribution < 1.29 is 18.4 Å². The van der Waals surface area contributed by atoms with Crippen LogP contribution in [0.25, 0.3) is 0 Å². The first-order valence-corrected chi connectivity index (χ1v) is 8.63. The Bertz CT molecular complexity index is 922. The zero-order chi connectivity index (χ0) is 18.5. The minimum absolute atomic E-state index is 0.178. The fourth-order valence-corrected chi connectivity index (χ4v) is 3.08. The van der Waals surface area contributed by atoms with Crippen LogP contribution in [0, 0.1) is 12.7 Å². The van der Waals surface area contributed by atoms with Crippen LogP contribution in [0.1, 0.15) is 26.4 Å². The van der Waals surface area contributed by atoms with E-state index in [-0.39, 0.29) is 18.3 Å². The molecule has 0 aliphatic carbocycles. The van der Waals surface area contributed by atoms with E-state index in [2.05, 4.69) is 15.6 Å². The molecule has 0 bridgehead atoms. The highest BCUT2D eigenvalue weighted by Crippen LogP contribution is 2.22. The number of nitrogens with zero attached hydrogens (tertiary/aromatic N) is 1. The second kappa shape index (κ2) is 7.92. The number of carbonyl (C=O) groups is 2. The molecule has 3 rings (SSSR count). The number of anilines is 1. The minimum atomic E-state index is -0.393. The van der Waals surface area contributed by atoms with E-state index in [9.17, 15) is 14.0 Å². The summed E-state index contributed by atoms with van der Waals surface area (Å²) < 4.78 is 18.4. The van der Waals surface area contributed by atoms with Crippen molar-refractivity contribution in [3.8, 4) is 0 Å². The van der Waals surface area contributed by atoms with Gasteiger partial charge in [-0.3, -0.25) is 9.59 Å². The SMILES string of the molecule is Cc1ccc(Cc2cnc(NC(=O)CNC(=O)c3ccoc3)s2)cc1F. The summed E-state index contributed by atoms with van der Waals surface area (Å²) >= 11 is 1.30. The van der Waals surface area contributed by atoms with Gasteiger partial charge >= 0.3 is 0 Å². The molecule has 26 heavy (non-hydrogen) atoms. The summed E-state index contributed by atoms with van der Waals surface area (Å²) in [7, 11) is 0. The molecule has 2 N–H and O–H groups in total. The maximum atomic E-state index is 13.6. The first-order valence-electron chi connectivity index (χ1n) is 7.81. The second-order valence-electron chi connectivity index (χ2n) is 5.63. The van der Waals surface area contributed by atoms with Gasteiger partial charge in [0.25, 0.3) is 5.91 Å². The van der Waals surface area contributed by atoms with Gasteiger partial charge in [0.05, 0.1) is 18.4 Å². The van der Waals surface area contributed by atoms with Crippen LogP contribution >= 0.6 is 11.3 Å². The van der Waals surface area contributed by atoms with E-state index in [0.717, 1.165) is 10.4 Å². The molecule has 0 saturated heterocycles. The Kier molecular flexibility index (Phi) is 5.43. The summed E-state index contributed by atoms with van der Waals surface area (Å²) in [6, 6.07) is 6.60. The van der Waals surface area contributed by atoms with Gasteiger partial charge < -0.3 is 15.1 Å². The fraction of sp³-hybridized carbons (Fsp3) is 0.167. The first kappa shape index (κ1) is 17.8. The Hall–Kier alpha value is -3.00. The van der Waals surface area contributed by atoms with Crippen LogP contribution in [0.5, 0.6) is 0 Å². The number of thiazole rings is 1. The van der Waals surface area contributed by atoms with Crippen LogP contribution in [0.15, 0.2) is 47.4 Å². The number of amides is 2. The maximum absolute atomic E-state index is 13.6. The lowest BCUT2D eigenvalue weighted by molar-refractivity contribution is -0.115. The van der Waals surface area contributed by atoms with E-state index >= 15 is 0 Å². The lowest BCUT2D eigenvalue weighted by atomic mass is 10.1. The highest BCUT2D eigenvalue weighted by atomic mass is 32.1. The number of aryl methyl sites for hydroxylation is 1. The number of nitrogens with one attached hydrogen (secondary N) is 2. The van der Waals surface area contributed by atoms with Gasteiger partial charge in [0.2, 0.25) is 5.91 Å². The number of benzene rings is 1. The van der Waals surface area contributed by atoms with Gasteiger partial charge in [-0.05, 0) is 30.2 Å². The van der Waals surface area contributed by atoms with Crippen molar-refractivity contribution in [1.82, 2.24) is 10.3 Å². The number of hydrogen-bond donors (Lipinski definition) is 2. The molecule has 0 atom stereocenters. The van der Waals surface area contributed by atoms with Crippen molar-refractivity contribution in [3.05, 3.63) is 70.4 Å². The summed E-state index contributed by atoms with van der Waals surface area (Å²) in [6.45, 7) is 1.53. The van der Waals surface area contributed by atoms with E-state index in [4.69, 9.17) is 4.42 Å². The molecule has 6 nitrogen and oxygen atoms in total. The van der Waals surface area contributed by atoms with Gasteiger partial charge in [-0.25, -0.2) is 9.37 Å². The summed E-state index contributed by atoms with van der Waals surface area (Å²) in [5, 5.41) is 5.54. The minimum Gasteiger partial charge on any atom is -0.472 e. The Morgan fingerprint density at radius 3 is 2.88 bits per heavy atom. The lowest BCUT2D eigenvalue weighted by Gasteiger charge is -2.03. The van der Waals surface area contributed by atoms with E-state index < -0.39 is 5.91 Å². The molecule has 134 valence electrons. The third-order valence-electron chi connectivity index (χ3n) is 3.61. The molecule has 0 fully saturated rings. The molecule has 2 amide bonds. The van der Waals surface area contributed by atoms with E-state index in [1.54, 1.807) is 19.2 Å². The fourth-order valence-electron chi connectivity index (χ4n) is 2.21. The van der Waals surface area contributed by atoms with Crippen molar-refractivity contribution in [2.24, 2.45) is 0 Å². The van der Waals surface area contributed by atoms with E-state index in [1.807, 2.05) is 6.07 Å². The maximum Gasteiger partial charge on any atom is 0.254 e. The van der Waals surface area contributed by atoms with Crippen molar-refractivity contribution in [2.75, 3.05) is 11.9 Å². The molecule has 3 aromatic rings. The van der Waals surface area contributed by atoms with E-state index in [0.29, 0.717) is 22.7 Å². The Morgan fingerprint density at radius 1 is 1.31 bits per heavy atom. The van der Waals surface area contributed by atoms with Crippen molar-refractivity contribution in [2.45, 2.75) is 13.3 Å². The van der Waals surface area contributed by atoms with Crippen LogP contribution < -0.4 is 10.6 Å². The van der Waals surface area contributed by atoms with Crippen LogP contribution in [0.2, 0.25) is 0 Å². The van der Waals surface area contributed by atoms with Gasteiger partial charge in [-0.15, -0.1) is 11.3 Å². The summed E-state index contributed by atoms with van der Waals surface area (Å²) in [5.41, 5.74) is 1.78. The second-order valence-corrected chi connectivity index (χ2v) is 6.75. The predicted molar refractivity (Wildman–Crippen MR) is 95.7 cm³/mol. The Morgan fingerprint density at radius 2 is 2.15 bits per heavy atom. The monoisotopic (exact) mass is 373 g/mol. The zero-order valence-electron chi connectivity index (χ0n) is 13.9. The Balaban J connectivity index is 1.52. The standard InChI is InChI=1S/C18H16FN3O3S/c1-11-2-3-12(7-15(11)19)6-14-8-21-18(26-14)22-16(23)9-20-17(24)13-4-5-25-10-13/h2-5,7-8,10H,6,9H2,1H3,(H,20,24)(H,21,22,23). The number of carbonyl (C=O) groups excluding carboxylic acids is 2. The highest BCUT2D eigenvalue weighted by molar-refractivity contribution is 7.15. The quantitative estimate of drug-likeness (QED) is 0.695. The van der Waals surface area contributed by atoms with Gasteiger partial charge in [0.15, 0.2) is 5.13 Å². The molecule has 2 heterocycles. The summed E-state index contributed by atoms with van der Waals surface area (Å²) in [5.74, 6) is -1.02. The van der Waals surface area contributed by atoms with Gasteiger partial charge in [-0.2, -0.15) is 0 Å². The smallest absolute Gasteiger partial charge is 0.254 e. The number of halogens is 1. The molecule has 8 heteroatoms. The molecule has 0 aliphatic heterocycles. The summed E-state index contributed by atoms with van der Waals surface area (Å²) in [4.78, 5) is 28.7. The molecule has 0 aliphatic rings. The number of aromatic nitrogens is 1. The third kappa shape index (κ3) is 4.54. The first-order chi connectivity index (χ1) is 12.5. The largest absolute Gasteiger partial charge is 0.472 e. The van der Waals surface area contributed by atoms with Crippen LogP contribution in [-0.2, 0) is 11.2 Å². The van der Waals surface area contributed by atoms with Gasteiger partial charge in [-0.1, -0.05) is 12.1 Å². The van der Waals surface area contributed by atoms with Crippen molar-refractivity contribution in [3.63, 3.8) is 0 Å². The topological polar surface area (TPSA) is 84.2 Å². The molecular weight excluding hydrogens is 357 g/mol. The average molecular weight is 373 g/mol. The molecular formula is C18H16FN3O3S. The molecule has 1 aromatic carbocycles. The summed E-state index contributed by atoms with van der Waals surface area (Å²) in [6.07, 6.45) is 4.85. The predicted octanol–water partition coefficient (Wildman–Crippen LogP) is 3.14. The zero-order valence-corrected chi connectivity index (χ0v) is 14.7. The van der Waals surface area contributed by atoms with E-state index in [1.165, 1.54) is 36.0 Å². The van der Waals surface area contributed by atoms with Crippen molar-refractivity contribution in [1.29, 1.82) is 0 Å². The molecule has 2 aromatic heterocycles. The van der Waals surface area contributed by atoms with Crippen LogP contribution in [-0.4, -0.2) is 23.3 Å². The number of hydrogen-bond acceptors (Lipinski definition) is 5. The van der Waals surface area contributed by atoms with Crippen LogP contribution in [0.4, 0.5) is 9.52 Å². The molecule has 0 saturated carbocycles. The van der Waals surface area contributed by atoms with Gasteiger partial charge in [0, 0.05) is 17.5 Å². The normalized spacial score (nSPS) is 10.5. The highest BCUT2D eigenvalue weighted by Gasteiger charge is 2.11. The molecule has 0 unspecified atom stereocenters. The third-order valence-corrected chi connectivity index (χ3v) is 4.52. The average Bonchev–Trinajstić information content (AvgIpc) is 3.28. The van der Waals surface area contributed by atoms with Crippen molar-refractivity contribution >= 4 is 28.3 Å². The molecule has 0 spiro atoms. The van der Waals surface area contributed by atoms with Gasteiger partial charge in [0.1, 0.15) is 12.1 Å². The van der Waals surface area contributed by atoms with Crippen LogP contribution in [0.3, 0.4) is 0 Å². The lowest BCUT2D eigenvalue weighted by Crippen LogP contribution is -2.32. The number of furan rings is 1.